The van der Waals surface area contributed by atoms with Gasteiger partial charge in [0.05, 0.1) is 12.2 Å². The third kappa shape index (κ3) is 9.26. The Labute approximate surface area is 113 Å². The Hall–Kier alpha value is -0.790. The van der Waals surface area contributed by atoms with Gasteiger partial charge in [-0.3, -0.25) is 4.79 Å². The average molecular weight is 254 g/mol. The smallest absolute Gasteiger partial charge is 0.313 e. The quantitative estimate of drug-likeness (QED) is 0.271. The first kappa shape index (κ1) is 17.2. The minimum Gasteiger partial charge on any atom is -0.435 e. The normalized spacial score (nSPS) is 12.1. The molecule has 0 saturated heterocycles. The van der Waals surface area contributed by atoms with Crippen molar-refractivity contribution in [3.05, 3.63) is 12.8 Å². The Morgan fingerprint density at radius 3 is 2.11 bits per heavy atom. The highest BCUT2D eigenvalue weighted by Gasteiger charge is 2.16. The molecule has 0 amide bonds. The molecule has 0 bridgehead atoms. The molecule has 0 aliphatic heterocycles. The minimum absolute atomic E-state index is 0.0584. The summed E-state index contributed by atoms with van der Waals surface area (Å²) >= 11 is 0. The fraction of sp³-hybridized carbons (Fsp3) is 0.812. The molecule has 0 aromatic heterocycles. The van der Waals surface area contributed by atoms with Crippen LogP contribution in [-0.4, -0.2) is 5.97 Å². The van der Waals surface area contributed by atoms with Crippen molar-refractivity contribution in [2.24, 2.45) is 5.92 Å². The summed E-state index contributed by atoms with van der Waals surface area (Å²) in [6.07, 6.45) is 13.5. The highest BCUT2D eigenvalue weighted by molar-refractivity contribution is 5.72. The Morgan fingerprint density at radius 1 is 1.06 bits per heavy atom. The molecular weight excluding hydrogens is 224 g/mol. The molecule has 2 heteroatoms. The molecule has 18 heavy (non-hydrogen) atoms. The van der Waals surface area contributed by atoms with Crippen LogP contribution in [0.15, 0.2) is 12.8 Å². The summed E-state index contributed by atoms with van der Waals surface area (Å²) in [5.74, 6) is -0.0569. The van der Waals surface area contributed by atoms with E-state index in [0.717, 1.165) is 19.3 Å². The zero-order valence-electron chi connectivity index (χ0n) is 12.2. The van der Waals surface area contributed by atoms with E-state index in [1.54, 1.807) is 0 Å². The summed E-state index contributed by atoms with van der Waals surface area (Å²) in [5.41, 5.74) is 0. The maximum Gasteiger partial charge on any atom is 0.313 e. The lowest BCUT2D eigenvalue weighted by Gasteiger charge is -2.11. The zero-order chi connectivity index (χ0) is 13.6. The Bertz CT molecular complexity index is 211. The number of carbonyl (C=O) groups is 1. The van der Waals surface area contributed by atoms with E-state index in [1.807, 2.05) is 6.92 Å². The fourth-order valence-corrected chi connectivity index (χ4v) is 2.19. The molecule has 0 saturated carbocycles. The van der Waals surface area contributed by atoms with Gasteiger partial charge in [-0.05, 0) is 12.8 Å². The van der Waals surface area contributed by atoms with Crippen LogP contribution in [0.4, 0.5) is 0 Å². The topological polar surface area (TPSA) is 26.3 Å². The molecule has 0 aliphatic rings. The Balaban J connectivity index is 3.45. The van der Waals surface area contributed by atoms with Crippen LogP contribution in [0.25, 0.3) is 0 Å². The van der Waals surface area contributed by atoms with Gasteiger partial charge >= 0.3 is 5.97 Å². The standard InChI is InChI=1S/C16H30O2/c1-4-7-8-9-10-11-12-13-14-15(5-2)16(17)18-6-3/h6,15H,3-5,7-14H2,1-2H3. The van der Waals surface area contributed by atoms with E-state index in [9.17, 15) is 4.79 Å². The van der Waals surface area contributed by atoms with Crippen molar-refractivity contribution in [2.45, 2.75) is 78.1 Å². The third-order valence-corrected chi connectivity index (χ3v) is 3.43. The number of carbonyl (C=O) groups excluding carboxylic acids is 1. The number of unbranched alkanes of at least 4 members (excludes halogenated alkanes) is 7. The van der Waals surface area contributed by atoms with Gasteiger partial charge in [0.2, 0.25) is 0 Å². The van der Waals surface area contributed by atoms with Gasteiger partial charge in [0.25, 0.3) is 0 Å². The largest absolute Gasteiger partial charge is 0.435 e. The van der Waals surface area contributed by atoms with Crippen LogP contribution >= 0.6 is 0 Å². The van der Waals surface area contributed by atoms with Crippen LogP contribution in [-0.2, 0) is 9.53 Å². The van der Waals surface area contributed by atoms with Gasteiger partial charge in [0.1, 0.15) is 0 Å². The van der Waals surface area contributed by atoms with Crippen LogP contribution in [0.1, 0.15) is 78.1 Å². The molecule has 1 unspecified atom stereocenters. The van der Waals surface area contributed by atoms with E-state index < -0.39 is 0 Å². The monoisotopic (exact) mass is 254 g/mol. The molecule has 0 aromatic carbocycles. The zero-order valence-corrected chi connectivity index (χ0v) is 12.2. The van der Waals surface area contributed by atoms with Gasteiger partial charge in [-0.15, -0.1) is 0 Å². The summed E-state index contributed by atoms with van der Waals surface area (Å²) in [6.45, 7) is 7.70. The van der Waals surface area contributed by atoms with Crippen LogP contribution in [0.5, 0.6) is 0 Å². The molecule has 0 N–H and O–H groups in total. The third-order valence-electron chi connectivity index (χ3n) is 3.43. The average Bonchev–Trinajstić information content (AvgIpc) is 2.37. The molecule has 106 valence electrons. The maximum atomic E-state index is 11.5. The van der Waals surface area contributed by atoms with E-state index in [1.165, 1.54) is 51.2 Å². The highest BCUT2D eigenvalue weighted by Crippen LogP contribution is 2.17. The molecule has 0 spiro atoms. The second-order valence-electron chi connectivity index (χ2n) is 4.97. The first-order valence-corrected chi connectivity index (χ1v) is 7.57. The summed E-state index contributed by atoms with van der Waals surface area (Å²) < 4.78 is 4.84. The van der Waals surface area contributed by atoms with Gasteiger partial charge < -0.3 is 4.74 Å². The van der Waals surface area contributed by atoms with Crippen LogP contribution in [0, 0.1) is 5.92 Å². The van der Waals surface area contributed by atoms with Gasteiger partial charge in [-0.2, -0.15) is 0 Å². The van der Waals surface area contributed by atoms with Gasteiger partial charge in [0.15, 0.2) is 0 Å². The molecule has 2 nitrogen and oxygen atoms in total. The lowest BCUT2D eigenvalue weighted by Crippen LogP contribution is -2.14. The van der Waals surface area contributed by atoms with Crippen LogP contribution in [0.3, 0.4) is 0 Å². The molecule has 0 rings (SSSR count). The molecule has 0 aliphatic carbocycles. The molecular formula is C16H30O2. The van der Waals surface area contributed by atoms with Crippen molar-refractivity contribution in [1.29, 1.82) is 0 Å². The number of ether oxygens (including phenoxy) is 1. The molecule has 0 heterocycles. The van der Waals surface area contributed by atoms with Crippen molar-refractivity contribution < 1.29 is 9.53 Å². The van der Waals surface area contributed by atoms with Gasteiger partial charge in [0, 0.05) is 0 Å². The van der Waals surface area contributed by atoms with E-state index in [0.29, 0.717) is 0 Å². The SMILES string of the molecule is C=COC(=O)C(CC)CCCCCCCCCC. The summed E-state index contributed by atoms with van der Waals surface area (Å²) in [5, 5.41) is 0. The summed E-state index contributed by atoms with van der Waals surface area (Å²) in [6, 6.07) is 0. The van der Waals surface area contributed by atoms with Crippen LogP contribution in [0.2, 0.25) is 0 Å². The molecule has 0 fully saturated rings. The first-order valence-electron chi connectivity index (χ1n) is 7.57. The summed E-state index contributed by atoms with van der Waals surface area (Å²) in [4.78, 5) is 11.5. The predicted molar refractivity (Wildman–Crippen MR) is 77.3 cm³/mol. The number of rotatable bonds is 12. The lowest BCUT2D eigenvalue weighted by atomic mass is 9.98. The Kier molecular flexibility index (Phi) is 12.1. The van der Waals surface area contributed by atoms with E-state index in [2.05, 4.69) is 13.5 Å². The molecule has 0 radical (unpaired) electrons. The van der Waals surface area contributed by atoms with Crippen molar-refractivity contribution in [3.8, 4) is 0 Å². The maximum absolute atomic E-state index is 11.5. The number of esters is 1. The van der Waals surface area contributed by atoms with Crippen LogP contribution < -0.4 is 0 Å². The number of hydrogen-bond donors (Lipinski definition) is 0. The van der Waals surface area contributed by atoms with Crippen molar-refractivity contribution in [2.75, 3.05) is 0 Å². The summed E-state index contributed by atoms with van der Waals surface area (Å²) in [7, 11) is 0. The minimum atomic E-state index is -0.115. The van der Waals surface area contributed by atoms with Crippen molar-refractivity contribution in [1.82, 2.24) is 0 Å². The van der Waals surface area contributed by atoms with Gasteiger partial charge in [-0.25, -0.2) is 0 Å². The van der Waals surface area contributed by atoms with Crippen molar-refractivity contribution >= 4 is 5.97 Å². The highest BCUT2D eigenvalue weighted by atomic mass is 16.5. The fourth-order valence-electron chi connectivity index (χ4n) is 2.19. The van der Waals surface area contributed by atoms with E-state index in [4.69, 9.17) is 4.74 Å². The van der Waals surface area contributed by atoms with E-state index in [-0.39, 0.29) is 11.9 Å². The van der Waals surface area contributed by atoms with Gasteiger partial charge in [-0.1, -0.05) is 71.8 Å². The second kappa shape index (κ2) is 12.7. The number of hydrogen-bond acceptors (Lipinski definition) is 2. The first-order chi connectivity index (χ1) is 8.76. The predicted octanol–water partition coefficient (Wildman–Crippen LogP) is 5.23. The second-order valence-corrected chi connectivity index (χ2v) is 4.97. The van der Waals surface area contributed by atoms with Crippen molar-refractivity contribution in [3.63, 3.8) is 0 Å². The Morgan fingerprint density at radius 2 is 1.61 bits per heavy atom. The van der Waals surface area contributed by atoms with E-state index >= 15 is 0 Å². The molecule has 0 aromatic rings. The lowest BCUT2D eigenvalue weighted by molar-refractivity contribution is -0.143. The molecule has 1 atom stereocenters.